The molecule has 1 aliphatic heterocycles. The lowest BCUT2D eigenvalue weighted by molar-refractivity contribution is -0.146. The first kappa shape index (κ1) is 105. The second kappa shape index (κ2) is 46.6. The van der Waals surface area contributed by atoms with E-state index in [1.807, 2.05) is 50.3 Å². The number of aliphatic hydroxyl groups is 1. The molecule has 0 saturated heterocycles. The number of carbonyl (C=O) groups is 7. The normalized spacial score (nSPS) is 16.5. The Morgan fingerprint density at radius 2 is 1.09 bits per heavy atom. The van der Waals surface area contributed by atoms with Gasteiger partial charge < -0.3 is 65.2 Å². The molecule has 4 aromatic rings. The largest absolute Gasteiger partial charge is 0.507 e. The molecule has 114 heavy (non-hydrogen) atoms. The number of Topliss-reactive ketones (excluding diaryl/α,β-unsaturated/α-hetero) is 3. The summed E-state index contributed by atoms with van der Waals surface area (Å²) in [7, 11) is -3.93. The van der Waals surface area contributed by atoms with Crippen molar-refractivity contribution in [2.75, 3.05) is 53.7 Å². The molecular formula is C86H137ClN8O15Si4. The molecule has 1 aliphatic rings. The number of esters is 1. The van der Waals surface area contributed by atoms with E-state index in [2.05, 4.69) is 152 Å². The number of halogens is 1. The van der Waals surface area contributed by atoms with Crippen molar-refractivity contribution in [1.82, 2.24) is 10.2 Å². The first-order valence-corrected chi connectivity index (χ1v) is 51.2. The summed E-state index contributed by atoms with van der Waals surface area (Å²) in [4.78, 5) is 93.2. The maximum Gasteiger partial charge on any atom is 0.310 e. The number of methoxy groups -OCH3 is 1. The highest BCUT2D eigenvalue weighted by molar-refractivity contribution is 6.75. The van der Waals surface area contributed by atoms with Gasteiger partial charge in [-0.05, 0) is 171 Å². The van der Waals surface area contributed by atoms with Gasteiger partial charge in [0.25, 0.3) is 0 Å². The van der Waals surface area contributed by atoms with Crippen LogP contribution in [0.2, 0.25) is 77.6 Å². The Kier molecular flexibility index (Phi) is 42.8. The van der Waals surface area contributed by atoms with Crippen molar-refractivity contribution < 1.29 is 71.3 Å². The van der Waals surface area contributed by atoms with Gasteiger partial charge >= 0.3 is 5.97 Å². The highest BCUT2D eigenvalue weighted by Gasteiger charge is 2.42. The summed E-state index contributed by atoms with van der Waals surface area (Å²) >= 11 is 6.05. The fraction of sp³-hybridized carbons (Fsp3) is 0.605. The van der Waals surface area contributed by atoms with Crippen molar-refractivity contribution in [3.05, 3.63) is 107 Å². The summed E-state index contributed by atoms with van der Waals surface area (Å²) < 4.78 is 28.0. The number of rotatable bonds is 28. The minimum absolute atomic E-state index is 0.00845. The number of nitrogens with one attached hydrogen (secondary N) is 1. The number of hydrogen-bond donors (Lipinski definition) is 7. The van der Waals surface area contributed by atoms with Crippen LogP contribution in [0.5, 0.6) is 11.5 Å². The number of primary amides is 1. The van der Waals surface area contributed by atoms with Gasteiger partial charge in [0.1, 0.15) is 23.6 Å². The third-order valence-electron chi connectivity index (χ3n) is 22.3. The van der Waals surface area contributed by atoms with Crippen molar-refractivity contribution in [2.24, 2.45) is 52.7 Å². The molecule has 0 fully saturated rings. The maximum atomic E-state index is 14.6. The molecule has 10 N–H and O–H groups in total. The molecule has 1 heterocycles. The van der Waals surface area contributed by atoms with Crippen LogP contribution in [-0.2, 0) is 57.6 Å². The molecule has 23 nitrogen and oxygen atoms in total. The first-order chi connectivity index (χ1) is 52.3. The average Bonchev–Trinajstić information content (AvgIpc) is 0.784. The lowest BCUT2D eigenvalue weighted by atomic mass is 9.87. The SMILES string of the molecule is CC(C)(C)[Si](C)(C)OC[C@H](N)C#N.COC(=O)[C@@H](C)CO[Si](C)(C)C(C)(C)C.C[C@@H](CO[Si](C)(C)C(C)(C)C)C(N)=O.C[C@@H]1CC(=O)[C@@H](N(C)C(=O)[C@H](CCCCN)CC(=O)c2ccc(-c3ccc(Cl)cc3)cc2)c2ccc(O)c(c2)-c2cc(ccc2O)C[C@@H](C(=O)C[C@H](C#N)CO)NC1=O.C[C@H](C#N)CO[Si](C)(C)C(C)(C)C. The fourth-order valence-electron chi connectivity index (χ4n) is 10.0. The van der Waals surface area contributed by atoms with Gasteiger partial charge in [-0.15, -0.1) is 0 Å². The van der Waals surface area contributed by atoms with E-state index in [1.165, 1.54) is 50.2 Å². The van der Waals surface area contributed by atoms with Crippen molar-refractivity contribution >= 4 is 85.9 Å². The van der Waals surface area contributed by atoms with Gasteiger partial charge in [0.2, 0.25) is 17.7 Å². The summed E-state index contributed by atoms with van der Waals surface area (Å²) in [5, 5.41) is 62.3. The molecule has 0 unspecified atom stereocenters. The number of nitriles is 3. The number of unbranched alkanes of at least 4 members (excludes halogenated alkanes) is 1. The number of ketones is 3. The number of nitrogens with two attached hydrogens (primary N) is 3. The second-order valence-corrected chi connectivity index (χ2v) is 55.6. The van der Waals surface area contributed by atoms with Crippen LogP contribution in [0.4, 0.5) is 0 Å². The molecule has 0 saturated carbocycles. The molecule has 3 amide bonds. The standard InChI is InChI=1S/C46H49ClN4O8.C11H24O3Si.C10H23NO2Si.C10H21NOSi.C9H20N2OSi/c1-27-19-43(57)44(51(2)46(59)34(5-3-4-18-48)24-41(55)32-9-7-30(8-10-32)31-11-14-35(47)15-12-31)33-13-17-40(54)37(23-33)36-20-28(6-16-39(36)53)21-38(50-45(27)58)42(56)22-29(25-49)26-52;1-9(10(12)13-5)8-14-15(6,7)11(2,3)4;1-8(9(11)12)7-13-14(5,6)10(2,3)4;1-9(7-11)8-12-13(5,6)10(2,3)4;1-9(2,3)13(4,5)12-7-8(11)6-10/h6-17,20,23,27,29,34,38,44,52-54H,3-5,18-19,21-22,24,26,48H2,1-2H3,(H,50,58);9H,8H2,1-7H3;8H,7H2,1-6H3,(H2,11,12);9H,8H2,1-6H3;8H,7,11H2,1-5H3/t27-,29-,34-,38+,44+;9-;8-;9-;8-/m10011/s1. The van der Waals surface area contributed by atoms with Crippen LogP contribution in [0.15, 0.2) is 84.9 Å². The minimum Gasteiger partial charge on any atom is -0.507 e. The third kappa shape index (κ3) is 34.1. The number of phenolic OH excluding ortho intramolecular Hbond substituents is 2. The van der Waals surface area contributed by atoms with Crippen molar-refractivity contribution in [3.8, 4) is 52.0 Å². The number of amides is 3. The topological polar surface area (TPSA) is 391 Å². The van der Waals surface area contributed by atoms with Gasteiger partial charge in [0.15, 0.2) is 50.6 Å². The van der Waals surface area contributed by atoms with Crippen LogP contribution in [0.1, 0.15) is 177 Å². The molecule has 5 rings (SSSR count). The number of aromatic hydroxyl groups is 2. The van der Waals surface area contributed by atoms with E-state index in [4.69, 9.17) is 57.0 Å². The second-order valence-electron chi connectivity index (χ2n) is 36.0. The van der Waals surface area contributed by atoms with Crippen LogP contribution < -0.4 is 22.5 Å². The molecule has 0 spiro atoms. The number of phenols is 2. The zero-order valence-electron chi connectivity index (χ0n) is 73.1. The van der Waals surface area contributed by atoms with Gasteiger partial charge in [-0.25, -0.2) is 0 Å². The Balaban J connectivity index is 0.000000943. The van der Waals surface area contributed by atoms with E-state index in [-0.39, 0.29) is 104 Å². The number of benzene rings is 4. The summed E-state index contributed by atoms with van der Waals surface area (Å²) in [5.74, 6) is -6.49. The van der Waals surface area contributed by atoms with Crippen LogP contribution in [-0.4, -0.2) is 160 Å². The van der Waals surface area contributed by atoms with E-state index in [9.17, 15) is 54.1 Å². The lowest BCUT2D eigenvalue weighted by Crippen LogP contribution is -2.46. The predicted molar refractivity (Wildman–Crippen MR) is 464 cm³/mol. The molecule has 0 aliphatic carbocycles. The van der Waals surface area contributed by atoms with Crippen LogP contribution >= 0.6 is 11.6 Å². The van der Waals surface area contributed by atoms with Gasteiger partial charge in [-0.3, -0.25) is 33.6 Å². The van der Waals surface area contributed by atoms with Gasteiger partial charge in [-0.2, -0.15) is 15.8 Å². The Bertz CT molecular complexity index is 3860. The third-order valence-corrected chi connectivity index (χ3v) is 40.5. The van der Waals surface area contributed by atoms with Crippen LogP contribution in [0, 0.1) is 69.5 Å². The minimum atomic E-state index is -1.73. The van der Waals surface area contributed by atoms with Gasteiger partial charge in [0, 0.05) is 79.7 Å². The molecule has 0 aromatic heterocycles. The number of hydrogen-bond acceptors (Lipinski definition) is 20. The van der Waals surface area contributed by atoms with Crippen molar-refractivity contribution in [2.45, 2.75) is 246 Å². The van der Waals surface area contributed by atoms with Gasteiger partial charge in [-0.1, -0.05) is 163 Å². The highest BCUT2D eigenvalue weighted by Crippen LogP contribution is 2.43. The number of nitrogens with zero attached hydrogens (tertiary/aromatic N) is 4. The molecular weight excluding hydrogens is 1530 g/mol. The van der Waals surface area contributed by atoms with E-state index in [1.54, 1.807) is 43.3 Å². The Hall–Kier alpha value is -7.28. The molecule has 9 atom stereocenters. The molecule has 634 valence electrons. The van der Waals surface area contributed by atoms with Crippen molar-refractivity contribution in [3.63, 3.8) is 0 Å². The summed E-state index contributed by atoms with van der Waals surface area (Å²) in [5.41, 5.74) is 19.8. The van der Waals surface area contributed by atoms with E-state index in [0.29, 0.717) is 73.9 Å². The number of fused-ring (bicyclic) bond motifs is 5. The van der Waals surface area contributed by atoms with Gasteiger partial charge in [0.05, 0.1) is 68.2 Å². The van der Waals surface area contributed by atoms with Crippen LogP contribution in [0.25, 0.3) is 22.3 Å². The number of ether oxygens (including phenoxy) is 1. The molecule has 28 heteroatoms. The zero-order chi connectivity index (χ0) is 88.0. The monoisotopic (exact) mass is 1670 g/mol. The maximum absolute atomic E-state index is 14.6. The van der Waals surface area contributed by atoms with E-state index >= 15 is 0 Å². The Labute approximate surface area is 690 Å². The summed E-state index contributed by atoms with van der Waals surface area (Å²) in [6.07, 6.45) is 0.595. The molecule has 4 aromatic carbocycles. The van der Waals surface area contributed by atoms with E-state index < -0.39 is 99.1 Å². The van der Waals surface area contributed by atoms with Crippen molar-refractivity contribution in [1.29, 1.82) is 15.8 Å². The summed E-state index contributed by atoms with van der Waals surface area (Å²) in [6.45, 7) is 52.3. The highest BCUT2D eigenvalue weighted by atomic mass is 35.5. The Morgan fingerprint density at radius 1 is 0.632 bits per heavy atom. The lowest BCUT2D eigenvalue weighted by Gasteiger charge is -2.36. The number of likely N-dealkylation sites (N-methyl/N-ethyl adjacent to an activating group) is 1. The molecule has 0 radical (unpaired) electrons. The molecule has 4 bridgehead atoms. The van der Waals surface area contributed by atoms with Crippen LogP contribution in [0.3, 0.4) is 0 Å². The first-order valence-electron chi connectivity index (χ1n) is 39.2. The quantitative estimate of drug-likeness (QED) is 0.0120. The van der Waals surface area contributed by atoms with E-state index in [0.717, 1.165) is 11.1 Å². The Morgan fingerprint density at radius 3 is 1.53 bits per heavy atom. The fourth-order valence-corrected chi connectivity index (χ4v) is 14.5. The average molecular weight is 1670 g/mol. The number of carbonyl (C=O) groups excluding carboxylic acids is 7. The zero-order valence-corrected chi connectivity index (χ0v) is 77.9. The predicted octanol–water partition coefficient (Wildman–Crippen LogP) is 16.3. The number of aliphatic hydroxyl groups excluding tert-OH is 1. The summed E-state index contributed by atoms with van der Waals surface area (Å²) in [6, 6.07) is 26.3. The smallest absolute Gasteiger partial charge is 0.310 e.